The van der Waals surface area contributed by atoms with Crippen LogP contribution in [0.1, 0.15) is 23.7 Å². The fourth-order valence-electron chi connectivity index (χ4n) is 3.77. The number of aromatic amines is 1. The molecule has 0 aliphatic carbocycles. The Bertz CT molecular complexity index is 1280. The SMILES string of the molecule is CCn1c(=O)[nH]c2cc(C(=O)NC3CC(=O)N(c4ccc(OC)cc4)C3)ccc2c1=O. The summed E-state index contributed by atoms with van der Waals surface area (Å²) in [7, 11) is 1.57. The van der Waals surface area contributed by atoms with E-state index in [2.05, 4.69) is 10.3 Å². The van der Waals surface area contributed by atoms with Crippen LogP contribution in [0, 0.1) is 0 Å². The molecule has 1 aliphatic heterocycles. The first kappa shape index (κ1) is 20.4. The number of hydrogen-bond acceptors (Lipinski definition) is 5. The highest BCUT2D eigenvalue weighted by molar-refractivity contribution is 6.00. The maximum Gasteiger partial charge on any atom is 0.328 e. The number of rotatable bonds is 5. The minimum atomic E-state index is -0.519. The number of amides is 2. The van der Waals surface area contributed by atoms with Crippen LogP contribution >= 0.6 is 0 Å². The predicted molar refractivity (Wildman–Crippen MR) is 116 cm³/mol. The molecule has 2 N–H and O–H groups in total. The lowest BCUT2D eigenvalue weighted by Gasteiger charge is -2.17. The number of H-pyrrole nitrogens is 1. The van der Waals surface area contributed by atoms with Gasteiger partial charge in [0.1, 0.15) is 5.75 Å². The molecule has 1 aliphatic rings. The van der Waals surface area contributed by atoms with Crippen LogP contribution in [-0.4, -0.2) is 41.1 Å². The number of nitrogens with one attached hydrogen (secondary N) is 2. The molecular formula is C22H22N4O5. The van der Waals surface area contributed by atoms with Crippen LogP contribution in [0.5, 0.6) is 5.75 Å². The largest absolute Gasteiger partial charge is 0.497 e. The van der Waals surface area contributed by atoms with Gasteiger partial charge in [0.05, 0.1) is 24.1 Å². The van der Waals surface area contributed by atoms with Crippen LogP contribution < -0.4 is 26.2 Å². The van der Waals surface area contributed by atoms with E-state index in [4.69, 9.17) is 4.74 Å². The second-order valence-corrected chi connectivity index (χ2v) is 7.32. The number of carbonyl (C=O) groups is 2. The zero-order chi connectivity index (χ0) is 22.1. The molecule has 0 saturated carbocycles. The molecule has 31 heavy (non-hydrogen) atoms. The maximum atomic E-state index is 12.7. The number of benzene rings is 2. The third-order valence-electron chi connectivity index (χ3n) is 5.40. The lowest BCUT2D eigenvalue weighted by atomic mass is 10.1. The first-order chi connectivity index (χ1) is 14.9. The van der Waals surface area contributed by atoms with Crippen molar-refractivity contribution in [3.8, 4) is 5.75 Å². The van der Waals surface area contributed by atoms with Gasteiger partial charge in [0.2, 0.25) is 5.91 Å². The van der Waals surface area contributed by atoms with Gasteiger partial charge in [-0.05, 0) is 49.4 Å². The zero-order valence-electron chi connectivity index (χ0n) is 17.2. The standard InChI is InChI=1S/C22H22N4O5/c1-3-25-21(29)17-9-4-13(10-18(17)24-22(25)30)20(28)23-14-11-19(27)26(12-14)15-5-7-16(31-2)8-6-15/h4-10,14H,3,11-12H2,1-2H3,(H,23,28)(H,24,30). The third-order valence-corrected chi connectivity index (χ3v) is 5.40. The van der Waals surface area contributed by atoms with E-state index in [1.165, 1.54) is 18.2 Å². The summed E-state index contributed by atoms with van der Waals surface area (Å²) in [5, 5.41) is 3.20. The van der Waals surface area contributed by atoms with Gasteiger partial charge in [-0.1, -0.05) is 0 Å². The van der Waals surface area contributed by atoms with Gasteiger partial charge in [-0.15, -0.1) is 0 Å². The first-order valence-corrected chi connectivity index (χ1v) is 9.93. The average Bonchev–Trinajstić information content (AvgIpc) is 3.13. The minimum Gasteiger partial charge on any atom is -0.497 e. The average molecular weight is 422 g/mol. The van der Waals surface area contributed by atoms with E-state index in [0.717, 1.165) is 10.3 Å². The number of nitrogens with zero attached hydrogens (tertiary/aromatic N) is 2. The van der Waals surface area contributed by atoms with Crippen molar-refractivity contribution >= 4 is 28.4 Å². The molecule has 3 aromatic rings. The number of carbonyl (C=O) groups excluding carboxylic acids is 2. The predicted octanol–water partition coefficient (Wildman–Crippen LogP) is 1.25. The highest BCUT2D eigenvalue weighted by atomic mass is 16.5. The summed E-state index contributed by atoms with van der Waals surface area (Å²) in [4.78, 5) is 53.9. The molecule has 1 unspecified atom stereocenters. The lowest BCUT2D eigenvalue weighted by Crippen LogP contribution is -2.37. The summed E-state index contributed by atoms with van der Waals surface area (Å²) in [5.41, 5.74) is 0.415. The number of anilines is 1. The normalized spacial score (nSPS) is 16.0. The van der Waals surface area contributed by atoms with Crippen LogP contribution in [0.2, 0.25) is 0 Å². The van der Waals surface area contributed by atoms with Crippen LogP contribution in [0.3, 0.4) is 0 Å². The highest BCUT2D eigenvalue weighted by Gasteiger charge is 2.31. The van der Waals surface area contributed by atoms with Crippen molar-refractivity contribution < 1.29 is 14.3 Å². The van der Waals surface area contributed by atoms with E-state index in [0.29, 0.717) is 28.8 Å². The summed E-state index contributed by atoms with van der Waals surface area (Å²) in [6, 6.07) is 11.3. The van der Waals surface area contributed by atoms with Gasteiger partial charge in [-0.3, -0.25) is 19.0 Å². The molecule has 1 aromatic heterocycles. The van der Waals surface area contributed by atoms with Crippen LogP contribution in [0.4, 0.5) is 5.69 Å². The molecule has 2 amide bonds. The van der Waals surface area contributed by atoms with E-state index in [9.17, 15) is 19.2 Å². The van der Waals surface area contributed by atoms with Crippen molar-refractivity contribution in [1.29, 1.82) is 0 Å². The Morgan fingerprint density at radius 3 is 2.58 bits per heavy atom. The van der Waals surface area contributed by atoms with Crippen molar-refractivity contribution in [3.63, 3.8) is 0 Å². The van der Waals surface area contributed by atoms with Gasteiger partial charge in [0.15, 0.2) is 0 Å². The minimum absolute atomic E-state index is 0.0848. The summed E-state index contributed by atoms with van der Waals surface area (Å²) in [6.45, 7) is 2.32. The summed E-state index contributed by atoms with van der Waals surface area (Å²) >= 11 is 0. The van der Waals surface area contributed by atoms with Gasteiger partial charge < -0.3 is 19.9 Å². The third kappa shape index (κ3) is 3.81. The zero-order valence-corrected chi connectivity index (χ0v) is 17.2. The molecule has 0 bridgehead atoms. The Labute approximate surface area is 177 Å². The van der Waals surface area contributed by atoms with Gasteiger partial charge >= 0.3 is 5.69 Å². The Morgan fingerprint density at radius 1 is 1.16 bits per heavy atom. The monoisotopic (exact) mass is 422 g/mol. The lowest BCUT2D eigenvalue weighted by molar-refractivity contribution is -0.117. The van der Waals surface area contributed by atoms with E-state index < -0.39 is 11.2 Å². The van der Waals surface area contributed by atoms with Gasteiger partial charge in [0.25, 0.3) is 11.5 Å². The van der Waals surface area contributed by atoms with E-state index in [1.54, 1.807) is 43.2 Å². The topological polar surface area (TPSA) is 114 Å². The van der Waals surface area contributed by atoms with E-state index in [-0.39, 0.29) is 30.8 Å². The van der Waals surface area contributed by atoms with Gasteiger partial charge in [-0.2, -0.15) is 0 Å². The molecule has 1 fully saturated rings. The van der Waals surface area contributed by atoms with E-state index in [1.807, 2.05) is 0 Å². The highest BCUT2D eigenvalue weighted by Crippen LogP contribution is 2.24. The molecule has 9 heteroatoms. The Kier molecular flexibility index (Phi) is 5.33. The smallest absolute Gasteiger partial charge is 0.328 e. The molecule has 2 heterocycles. The summed E-state index contributed by atoms with van der Waals surface area (Å²) in [6.07, 6.45) is 0.184. The quantitative estimate of drug-likeness (QED) is 0.643. The number of hydrogen-bond donors (Lipinski definition) is 2. The number of ether oxygens (including phenoxy) is 1. The number of methoxy groups -OCH3 is 1. The molecule has 9 nitrogen and oxygen atoms in total. The number of aromatic nitrogens is 2. The fourth-order valence-corrected chi connectivity index (χ4v) is 3.77. The molecule has 1 saturated heterocycles. The molecular weight excluding hydrogens is 400 g/mol. The molecule has 0 radical (unpaired) electrons. The van der Waals surface area contributed by atoms with E-state index >= 15 is 0 Å². The molecule has 0 spiro atoms. The van der Waals surface area contributed by atoms with Crippen LogP contribution in [0.15, 0.2) is 52.1 Å². The number of fused-ring (bicyclic) bond motifs is 1. The van der Waals surface area contributed by atoms with Gasteiger partial charge in [0, 0.05) is 30.8 Å². The molecule has 160 valence electrons. The Morgan fingerprint density at radius 2 is 1.90 bits per heavy atom. The van der Waals surface area contributed by atoms with Gasteiger partial charge in [-0.25, -0.2) is 4.79 Å². The fraction of sp³-hybridized carbons (Fsp3) is 0.273. The van der Waals surface area contributed by atoms with Crippen molar-refractivity contribution in [3.05, 3.63) is 68.9 Å². The van der Waals surface area contributed by atoms with Crippen molar-refractivity contribution in [2.24, 2.45) is 0 Å². The van der Waals surface area contributed by atoms with Crippen molar-refractivity contribution in [2.45, 2.75) is 25.9 Å². The first-order valence-electron chi connectivity index (χ1n) is 9.93. The maximum absolute atomic E-state index is 12.7. The second-order valence-electron chi connectivity index (χ2n) is 7.32. The van der Waals surface area contributed by atoms with Crippen molar-refractivity contribution in [2.75, 3.05) is 18.6 Å². The summed E-state index contributed by atoms with van der Waals surface area (Å²) in [5.74, 6) is 0.232. The molecule has 2 aromatic carbocycles. The van der Waals surface area contributed by atoms with Crippen LogP contribution in [-0.2, 0) is 11.3 Å². The Hall–Kier alpha value is -3.88. The molecule has 4 rings (SSSR count). The van der Waals surface area contributed by atoms with Crippen LogP contribution in [0.25, 0.3) is 10.9 Å². The Balaban J connectivity index is 1.51. The van der Waals surface area contributed by atoms with Crippen molar-refractivity contribution in [1.82, 2.24) is 14.9 Å². The second kappa shape index (κ2) is 8.10. The molecule has 1 atom stereocenters. The summed E-state index contributed by atoms with van der Waals surface area (Å²) < 4.78 is 6.23.